The lowest BCUT2D eigenvalue weighted by Crippen LogP contribution is -2.09. The highest BCUT2D eigenvalue weighted by Gasteiger charge is 2.15. The summed E-state index contributed by atoms with van der Waals surface area (Å²) in [5.41, 5.74) is 2.81. The Morgan fingerprint density at radius 2 is 2.12 bits per heavy atom. The Bertz CT molecular complexity index is 824. The molecule has 6 nitrogen and oxygen atoms in total. The number of rotatable bonds is 8. The normalized spacial score (nSPS) is 11.4. The summed E-state index contributed by atoms with van der Waals surface area (Å²) in [5, 5.41) is 4.07. The van der Waals surface area contributed by atoms with Crippen LogP contribution in [0.15, 0.2) is 49.0 Å². The van der Waals surface area contributed by atoms with Crippen molar-refractivity contribution in [3.63, 3.8) is 0 Å². The fourth-order valence-electron chi connectivity index (χ4n) is 2.31. The fourth-order valence-corrected chi connectivity index (χ4v) is 2.31. The molecule has 0 N–H and O–H groups in total. The number of methoxy groups -OCH3 is 1. The topological polar surface area (TPSA) is 62.1 Å². The van der Waals surface area contributed by atoms with E-state index in [4.69, 9.17) is 4.74 Å². The maximum atomic E-state index is 12.8. The molecule has 0 bridgehead atoms. The number of allylic oxidation sites excluding steroid dienone is 5. The largest absolute Gasteiger partial charge is 0.467 e. The van der Waals surface area contributed by atoms with E-state index >= 15 is 0 Å². The van der Waals surface area contributed by atoms with Crippen LogP contribution in [0.5, 0.6) is 11.9 Å². The van der Waals surface area contributed by atoms with Crippen LogP contribution in [-0.4, -0.2) is 33.5 Å². The number of ether oxygens (including phenoxy) is 2. The molecule has 0 aromatic carbocycles. The minimum absolute atomic E-state index is 0.153. The number of hydrogen-bond acceptors (Lipinski definition) is 5. The van der Waals surface area contributed by atoms with Gasteiger partial charge in [-0.05, 0) is 31.1 Å². The first-order valence-corrected chi connectivity index (χ1v) is 7.78. The molecule has 0 saturated heterocycles. The van der Waals surface area contributed by atoms with E-state index in [1.165, 1.54) is 24.3 Å². The lowest BCUT2D eigenvalue weighted by atomic mass is 10.0. The first-order chi connectivity index (χ1) is 12.4. The van der Waals surface area contributed by atoms with E-state index in [1.54, 1.807) is 18.2 Å². The molecule has 2 aromatic rings. The number of nitrogens with zero attached hydrogens (tertiary/aromatic N) is 4. The van der Waals surface area contributed by atoms with E-state index in [0.717, 1.165) is 11.1 Å². The maximum absolute atomic E-state index is 12.8. The first kappa shape index (κ1) is 19.3. The molecule has 0 aliphatic heterocycles. The lowest BCUT2D eigenvalue weighted by Gasteiger charge is -2.13. The van der Waals surface area contributed by atoms with Crippen LogP contribution in [0.25, 0.3) is 5.57 Å². The minimum atomic E-state index is -2.97. The molecule has 0 saturated carbocycles. The van der Waals surface area contributed by atoms with Gasteiger partial charge in [-0.1, -0.05) is 30.4 Å². The molecular formula is C18H20F2N4O2. The Balaban J connectivity index is 2.49. The Hall–Kier alpha value is -3.03. The van der Waals surface area contributed by atoms with Gasteiger partial charge in [0.1, 0.15) is 6.33 Å². The van der Waals surface area contributed by atoms with Gasteiger partial charge in [0, 0.05) is 11.8 Å². The van der Waals surface area contributed by atoms with Crippen LogP contribution in [0.4, 0.5) is 8.78 Å². The molecule has 0 atom stereocenters. The Morgan fingerprint density at radius 3 is 2.73 bits per heavy atom. The van der Waals surface area contributed by atoms with Gasteiger partial charge in [0.05, 0.1) is 13.7 Å². The summed E-state index contributed by atoms with van der Waals surface area (Å²) in [6.07, 6.45) is 7.96. The zero-order valence-corrected chi connectivity index (χ0v) is 14.8. The maximum Gasteiger partial charge on any atom is 0.388 e. The number of alkyl halides is 2. The molecule has 8 heteroatoms. The molecule has 138 valence electrons. The average Bonchev–Trinajstić information content (AvgIpc) is 3.02. The van der Waals surface area contributed by atoms with Gasteiger partial charge in [-0.2, -0.15) is 18.9 Å². The summed E-state index contributed by atoms with van der Waals surface area (Å²) < 4.78 is 36.7. The van der Waals surface area contributed by atoms with Crippen molar-refractivity contribution < 1.29 is 18.3 Å². The zero-order chi connectivity index (χ0) is 19.1. The van der Waals surface area contributed by atoms with Gasteiger partial charge >= 0.3 is 12.6 Å². The number of pyridine rings is 1. The Morgan fingerprint density at radius 1 is 1.35 bits per heavy atom. The molecule has 2 rings (SSSR count). The van der Waals surface area contributed by atoms with Gasteiger partial charge < -0.3 is 9.47 Å². The average molecular weight is 362 g/mol. The Kier molecular flexibility index (Phi) is 6.60. The smallest absolute Gasteiger partial charge is 0.388 e. The van der Waals surface area contributed by atoms with Crippen LogP contribution in [0.1, 0.15) is 25.0 Å². The molecule has 2 heterocycles. The molecule has 2 aromatic heterocycles. The number of hydrogen-bond donors (Lipinski definition) is 0. The molecule has 0 aliphatic carbocycles. The second kappa shape index (κ2) is 8.89. The van der Waals surface area contributed by atoms with Gasteiger partial charge in [-0.25, -0.2) is 9.67 Å². The van der Waals surface area contributed by atoms with Gasteiger partial charge in [-0.3, -0.25) is 0 Å². The van der Waals surface area contributed by atoms with E-state index in [1.807, 2.05) is 19.9 Å². The van der Waals surface area contributed by atoms with Crippen molar-refractivity contribution in [1.29, 1.82) is 0 Å². The highest BCUT2D eigenvalue weighted by atomic mass is 19.3. The Labute approximate surface area is 150 Å². The predicted octanol–water partition coefficient (Wildman–Crippen LogP) is 3.87. The molecule has 0 radical (unpaired) electrons. The summed E-state index contributed by atoms with van der Waals surface area (Å²) in [6.45, 7) is 4.83. The second-order valence-corrected chi connectivity index (χ2v) is 5.56. The lowest BCUT2D eigenvalue weighted by molar-refractivity contribution is -0.0530. The van der Waals surface area contributed by atoms with Gasteiger partial charge in [0.15, 0.2) is 0 Å². The SMILES string of the molecule is C=C/C=C(\C=C(C)C)c1cc(Cn2ncnc2OC)cnc1OC(F)F. The minimum Gasteiger partial charge on any atom is -0.467 e. The van der Waals surface area contributed by atoms with E-state index in [-0.39, 0.29) is 5.88 Å². The third kappa shape index (κ3) is 4.98. The number of aromatic nitrogens is 4. The standard InChI is InChI=1S/C18H20F2N4O2/c1-5-6-14(7-12(2)3)15-8-13(9-21-16(15)26-17(19)20)10-24-18(25-4)22-11-23-24/h5-9,11,17H,1,10H2,2-4H3/b14-6+. The van der Waals surface area contributed by atoms with Crippen molar-refractivity contribution in [3.8, 4) is 11.9 Å². The predicted molar refractivity (Wildman–Crippen MR) is 94.2 cm³/mol. The third-order valence-corrected chi connectivity index (χ3v) is 3.26. The van der Waals surface area contributed by atoms with E-state index in [0.29, 0.717) is 23.7 Å². The molecule has 0 aliphatic rings. The van der Waals surface area contributed by atoms with Crippen LogP contribution in [0.3, 0.4) is 0 Å². The summed E-state index contributed by atoms with van der Waals surface area (Å²) in [5.74, 6) is -0.153. The summed E-state index contributed by atoms with van der Waals surface area (Å²) in [4.78, 5) is 8.02. The quantitative estimate of drug-likeness (QED) is 0.667. The zero-order valence-electron chi connectivity index (χ0n) is 14.8. The highest BCUT2D eigenvalue weighted by Crippen LogP contribution is 2.29. The summed E-state index contributed by atoms with van der Waals surface area (Å²) >= 11 is 0. The van der Waals surface area contributed by atoms with Crippen LogP contribution in [-0.2, 0) is 6.54 Å². The fraction of sp³-hybridized carbons (Fsp3) is 0.278. The molecule has 0 fully saturated rings. The van der Waals surface area contributed by atoms with Crippen LogP contribution in [0.2, 0.25) is 0 Å². The molecule has 26 heavy (non-hydrogen) atoms. The number of halogens is 2. The monoisotopic (exact) mass is 362 g/mol. The summed E-state index contributed by atoms with van der Waals surface area (Å²) in [7, 11) is 1.49. The van der Waals surface area contributed by atoms with E-state index in [9.17, 15) is 8.78 Å². The van der Waals surface area contributed by atoms with Crippen molar-refractivity contribution in [1.82, 2.24) is 19.7 Å². The van der Waals surface area contributed by atoms with Crippen molar-refractivity contribution in [3.05, 3.63) is 60.1 Å². The van der Waals surface area contributed by atoms with Crippen molar-refractivity contribution in [2.75, 3.05) is 7.11 Å². The molecule has 0 amide bonds. The van der Waals surface area contributed by atoms with Crippen molar-refractivity contribution in [2.24, 2.45) is 0 Å². The first-order valence-electron chi connectivity index (χ1n) is 7.78. The highest BCUT2D eigenvalue weighted by molar-refractivity contribution is 5.78. The van der Waals surface area contributed by atoms with Crippen molar-refractivity contribution in [2.45, 2.75) is 27.0 Å². The van der Waals surface area contributed by atoms with Crippen LogP contribution < -0.4 is 9.47 Å². The second-order valence-electron chi connectivity index (χ2n) is 5.56. The molecule has 0 unspecified atom stereocenters. The summed E-state index contributed by atoms with van der Waals surface area (Å²) in [6, 6.07) is 2.06. The third-order valence-electron chi connectivity index (χ3n) is 3.26. The van der Waals surface area contributed by atoms with Gasteiger partial charge in [-0.15, -0.1) is 0 Å². The van der Waals surface area contributed by atoms with Gasteiger partial charge in [0.2, 0.25) is 5.88 Å². The van der Waals surface area contributed by atoms with Crippen molar-refractivity contribution >= 4 is 5.57 Å². The van der Waals surface area contributed by atoms with E-state index < -0.39 is 6.61 Å². The molecule has 0 spiro atoms. The van der Waals surface area contributed by atoms with Crippen LogP contribution in [0, 0.1) is 0 Å². The molecular weight excluding hydrogens is 342 g/mol. The van der Waals surface area contributed by atoms with E-state index in [2.05, 4.69) is 26.4 Å². The van der Waals surface area contributed by atoms with Gasteiger partial charge in [0.25, 0.3) is 0 Å². The van der Waals surface area contributed by atoms with Crippen LogP contribution >= 0.6 is 0 Å².